The molecule has 7 heteroatoms. The molecule has 1 aliphatic carbocycles. The average molecular weight is 416 g/mol. The van der Waals surface area contributed by atoms with Crippen molar-refractivity contribution in [1.82, 2.24) is 14.8 Å². The van der Waals surface area contributed by atoms with Crippen molar-refractivity contribution in [3.63, 3.8) is 0 Å². The van der Waals surface area contributed by atoms with Crippen LogP contribution in [-0.4, -0.2) is 52.8 Å². The zero-order valence-electron chi connectivity index (χ0n) is 16.1. The van der Waals surface area contributed by atoms with Crippen LogP contribution in [0.15, 0.2) is 34.5 Å². The molecule has 0 N–H and O–H groups in total. The summed E-state index contributed by atoms with van der Waals surface area (Å²) in [6.45, 7) is 4.53. The van der Waals surface area contributed by atoms with Crippen molar-refractivity contribution in [3.05, 3.63) is 45.9 Å². The van der Waals surface area contributed by atoms with Crippen LogP contribution in [-0.2, 0) is 10.5 Å². The molecular weight excluding hydrogens is 390 g/mol. The van der Waals surface area contributed by atoms with E-state index in [9.17, 15) is 9.59 Å². The SMILES string of the molecule is Cc1nc(CSc2ccccc2C(=O)N2CCN(C(=O)C3CCC3)CC2)cs1. The lowest BCUT2D eigenvalue weighted by molar-refractivity contribution is -0.139. The summed E-state index contributed by atoms with van der Waals surface area (Å²) in [5, 5.41) is 3.14. The van der Waals surface area contributed by atoms with Gasteiger partial charge in [-0.2, -0.15) is 0 Å². The highest BCUT2D eigenvalue weighted by atomic mass is 32.2. The van der Waals surface area contributed by atoms with Crippen LogP contribution < -0.4 is 0 Å². The number of rotatable bonds is 5. The number of hydrogen-bond donors (Lipinski definition) is 0. The van der Waals surface area contributed by atoms with Gasteiger partial charge >= 0.3 is 0 Å². The third-order valence-electron chi connectivity index (χ3n) is 5.49. The number of aryl methyl sites for hydroxylation is 1. The molecule has 2 aliphatic rings. The van der Waals surface area contributed by atoms with Crippen molar-refractivity contribution in [1.29, 1.82) is 0 Å². The molecule has 0 unspecified atom stereocenters. The monoisotopic (exact) mass is 415 g/mol. The molecule has 0 bridgehead atoms. The minimum absolute atomic E-state index is 0.0632. The first-order valence-electron chi connectivity index (χ1n) is 9.82. The Bertz CT molecular complexity index is 855. The lowest BCUT2D eigenvalue weighted by atomic mass is 9.84. The van der Waals surface area contributed by atoms with Crippen molar-refractivity contribution >= 4 is 34.9 Å². The summed E-state index contributed by atoms with van der Waals surface area (Å²) in [7, 11) is 0. The Labute approximate surface area is 174 Å². The molecule has 5 nitrogen and oxygen atoms in total. The predicted molar refractivity (Wildman–Crippen MR) is 113 cm³/mol. The number of aromatic nitrogens is 1. The molecule has 0 spiro atoms. The maximum absolute atomic E-state index is 13.1. The second kappa shape index (κ2) is 8.66. The first-order valence-corrected chi connectivity index (χ1v) is 11.7. The number of thiazole rings is 1. The maximum Gasteiger partial charge on any atom is 0.255 e. The van der Waals surface area contributed by atoms with E-state index in [1.54, 1.807) is 23.1 Å². The molecule has 4 rings (SSSR count). The Kier molecular flexibility index (Phi) is 6.01. The van der Waals surface area contributed by atoms with E-state index in [0.29, 0.717) is 26.2 Å². The predicted octanol–water partition coefficient (Wildman–Crippen LogP) is 3.83. The van der Waals surface area contributed by atoms with Gasteiger partial charge < -0.3 is 9.80 Å². The molecule has 1 saturated heterocycles. The van der Waals surface area contributed by atoms with Crippen LogP contribution >= 0.6 is 23.1 Å². The first-order chi connectivity index (χ1) is 13.6. The molecule has 148 valence electrons. The number of carbonyl (C=O) groups excluding carboxylic acids is 2. The zero-order chi connectivity index (χ0) is 19.5. The second-order valence-corrected chi connectivity index (χ2v) is 9.47. The van der Waals surface area contributed by atoms with Gasteiger partial charge in [0.25, 0.3) is 5.91 Å². The fourth-order valence-corrected chi connectivity index (χ4v) is 5.26. The fraction of sp³-hybridized carbons (Fsp3) is 0.476. The summed E-state index contributed by atoms with van der Waals surface area (Å²) in [6, 6.07) is 7.80. The summed E-state index contributed by atoms with van der Waals surface area (Å²) >= 11 is 3.31. The molecule has 2 heterocycles. The Morgan fingerprint density at radius 1 is 1.14 bits per heavy atom. The molecule has 0 radical (unpaired) electrons. The molecule has 2 aromatic rings. The highest BCUT2D eigenvalue weighted by Crippen LogP contribution is 2.30. The molecule has 1 aromatic heterocycles. The van der Waals surface area contributed by atoms with Gasteiger partial charge in [-0.1, -0.05) is 18.6 Å². The van der Waals surface area contributed by atoms with Gasteiger partial charge in [-0.15, -0.1) is 23.1 Å². The molecule has 1 aliphatic heterocycles. The fourth-order valence-electron chi connectivity index (χ4n) is 3.61. The second-order valence-electron chi connectivity index (χ2n) is 7.39. The van der Waals surface area contributed by atoms with Crippen LogP contribution in [0.1, 0.15) is 40.3 Å². The molecule has 28 heavy (non-hydrogen) atoms. The van der Waals surface area contributed by atoms with Gasteiger partial charge in [-0.05, 0) is 31.9 Å². The quantitative estimate of drug-likeness (QED) is 0.697. The van der Waals surface area contributed by atoms with E-state index in [4.69, 9.17) is 0 Å². The van der Waals surface area contributed by atoms with Gasteiger partial charge in [0, 0.05) is 48.1 Å². The Morgan fingerprint density at radius 2 is 1.86 bits per heavy atom. The first kappa shape index (κ1) is 19.5. The average Bonchev–Trinajstić information content (AvgIpc) is 3.10. The number of carbonyl (C=O) groups is 2. The molecule has 1 aromatic carbocycles. The molecular formula is C21H25N3O2S2. The lowest BCUT2D eigenvalue weighted by Gasteiger charge is -2.38. The van der Waals surface area contributed by atoms with Crippen LogP contribution in [0, 0.1) is 12.8 Å². The third-order valence-corrected chi connectivity index (χ3v) is 7.42. The van der Waals surface area contributed by atoms with Gasteiger partial charge in [0.05, 0.1) is 16.3 Å². The van der Waals surface area contributed by atoms with E-state index >= 15 is 0 Å². The topological polar surface area (TPSA) is 53.5 Å². The van der Waals surface area contributed by atoms with Gasteiger partial charge in [0.2, 0.25) is 5.91 Å². The molecule has 2 amide bonds. The smallest absolute Gasteiger partial charge is 0.255 e. The number of benzene rings is 1. The summed E-state index contributed by atoms with van der Waals surface area (Å²) in [5.74, 6) is 1.34. The number of hydrogen-bond acceptors (Lipinski definition) is 5. The Balaban J connectivity index is 1.37. The highest BCUT2D eigenvalue weighted by Gasteiger charge is 2.32. The summed E-state index contributed by atoms with van der Waals surface area (Å²) < 4.78 is 0. The molecule has 0 atom stereocenters. The van der Waals surface area contributed by atoms with E-state index in [0.717, 1.165) is 39.8 Å². The van der Waals surface area contributed by atoms with Crippen LogP contribution in [0.3, 0.4) is 0 Å². The van der Waals surface area contributed by atoms with Crippen LogP contribution in [0.4, 0.5) is 0 Å². The van der Waals surface area contributed by atoms with Gasteiger partial charge in [0.15, 0.2) is 0 Å². The standard InChI is InChI=1S/C21H25N3O2S2/c1-15-22-17(13-27-15)14-28-19-8-3-2-7-18(19)21(26)24-11-9-23(10-12-24)20(25)16-5-4-6-16/h2-3,7-8,13,16H,4-6,9-12,14H2,1H3. The third kappa shape index (κ3) is 4.25. The van der Waals surface area contributed by atoms with Gasteiger partial charge in [0.1, 0.15) is 0 Å². The van der Waals surface area contributed by atoms with E-state index in [-0.39, 0.29) is 17.7 Å². The highest BCUT2D eigenvalue weighted by molar-refractivity contribution is 7.98. The number of thioether (sulfide) groups is 1. The van der Waals surface area contributed by atoms with Crippen molar-refractivity contribution < 1.29 is 9.59 Å². The van der Waals surface area contributed by atoms with E-state index in [1.165, 1.54) is 6.42 Å². The van der Waals surface area contributed by atoms with E-state index in [2.05, 4.69) is 10.4 Å². The number of amides is 2. The summed E-state index contributed by atoms with van der Waals surface area (Å²) in [4.78, 5) is 34.9. The minimum Gasteiger partial charge on any atom is -0.339 e. The van der Waals surface area contributed by atoms with Crippen molar-refractivity contribution in [3.8, 4) is 0 Å². The zero-order valence-corrected chi connectivity index (χ0v) is 17.7. The Morgan fingerprint density at radius 3 is 2.50 bits per heavy atom. The Hall–Kier alpha value is -1.86. The van der Waals surface area contributed by atoms with Crippen molar-refractivity contribution in [2.45, 2.75) is 36.8 Å². The maximum atomic E-state index is 13.1. The van der Waals surface area contributed by atoms with E-state index in [1.807, 2.05) is 41.0 Å². The van der Waals surface area contributed by atoms with Crippen molar-refractivity contribution in [2.75, 3.05) is 26.2 Å². The minimum atomic E-state index is 0.0632. The van der Waals surface area contributed by atoms with Crippen LogP contribution in [0.25, 0.3) is 0 Å². The summed E-state index contributed by atoms with van der Waals surface area (Å²) in [6.07, 6.45) is 3.23. The summed E-state index contributed by atoms with van der Waals surface area (Å²) in [5.41, 5.74) is 1.80. The number of piperazine rings is 1. The largest absolute Gasteiger partial charge is 0.339 e. The lowest BCUT2D eigenvalue weighted by Crippen LogP contribution is -2.52. The molecule has 2 fully saturated rings. The van der Waals surface area contributed by atoms with Crippen molar-refractivity contribution in [2.24, 2.45) is 5.92 Å². The normalized spacial score (nSPS) is 17.5. The van der Waals surface area contributed by atoms with Gasteiger partial charge in [-0.25, -0.2) is 4.98 Å². The van der Waals surface area contributed by atoms with Crippen LogP contribution in [0.5, 0.6) is 0 Å². The van der Waals surface area contributed by atoms with E-state index < -0.39 is 0 Å². The molecule has 1 saturated carbocycles. The van der Waals surface area contributed by atoms with Gasteiger partial charge in [-0.3, -0.25) is 9.59 Å². The number of nitrogens with zero attached hydrogens (tertiary/aromatic N) is 3. The van der Waals surface area contributed by atoms with Crippen LogP contribution in [0.2, 0.25) is 0 Å².